The molecule has 0 unspecified atom stereocenters. The van der Waals surface area contributed by atoms with Gasteiger partial charge in [-0.1, -0.05) is 37.3 Å². The van der Waals surface area contributed by atoms with Gasteiger partial charge in [-0.2, -0.15) is 19.6 Å². The summed E-state index contributed by atoms with van der Waals surface area (Å²) >= 11 is 0. The van der Waals surface area contributed by atoms with E-state index in [9.17, 15) is 0 Å². The van der Waals surface area contributed by atoms with E-state index in [-0.39, 0.29) is 5.95 Å². The Morgan fingerprint density at radius 3 is 2.65 bits per heavy atom. The van der Waals surface area contributed by atoms with Crippen molar-refractivity contribution in [1.29, 1.82) is 0 Å². The Bertz CT molecular complexity index is 1020. The first-order valence-electron chi connectivity index (χ1n) is 8.49. The molecule has 3 heterocycles. The molecule has 4 rings (SSSR count). The zero-order valence-electron chi connectivity index (χ0n) is 14.4. The van der Waals surface area contributed by atoms with Gasteiger partial charge in [0.05, 0.1) is 11.9 Å². The predicted molar refractivity (Wildman–Crippen MR) is 102 cm³/mol. The zero-order valence-corrected chi connectivity index (χ0v) is 14.4. The van der Waals surface area contributed by atoms with Gasteiger partial charge in [0, 0.05) is 23.9 Å². The maximum atomic E-state index is 5.85. The average molecular weight is 345 g/mol. The molecule has 0 aliphatic carbocycles. The second-order valence-corrected chi connectivity index (χ2v) is 5.93. The number of aryl methyl sites for hydroxylation is 1. The van der Waals surface area contributed by atoms with Crippen molar-refractivity contribution in [3.63, 3.8) is 0 Å². The van der Waals surface area contributed by atoms with E-state index in [1.807, 2.05) is 18.2 Å². The molecule has 0 fully saturated rings. The molecule has 3 aromatic heterocycles. The van der Waals surface area contributed by atoms with Gasteiger partial charge in [-0.3, -0.25) is 4.98 Å². The third kappa shape index (κ3) is 3.06. The van der Waals surface area contributed by atoms with Crippen LogP contribution >= 0.6 is 0 Å². The Hall–Kier alpha value is -3.48. The van der Waals surface area contributed by atoms with Crippen LogP contribution in [0.15, 0.2) is 54.9 Å². The van der Waals surface area contributed by atoms with Gasteiger partial charge in [0.1, 0.15) is 0 Å². The highest BCUT2D eigenvalue weighted by Crippen LogP contribution is 2.18. The van der Waals surface area contributed by atoms with E-state index in [0.29, 0.717) is 12.5 Å². The molecule has 0 radical (unpaired) electrons. The van der Waals surface area contributed by atoms with Gasteiger partial charge >= 0.3 is 0 Å². The van der Waals surface area contributed by atoms with Crippen LogP contribution in [0.3, 0.4) is 0 Å². The maximum absolute atomic E-state index is 5.85. The van der Waals surface area contributed by atoms with Crippen LogP contribution in [0.2, 0.25) is 0 Å². The fraction of sp³-hybridized carbons (Fsp3) is 0.158. The third-order valence-electron chi connectivity index (χ3n) is 4.20. The normalized spacial score (nSPS) is 11.0. The number of pyridine rings is 1. The molecule has 0 aliphatic rings. The molecule has 0 atom stereocenters. The van der Waals surface area contributed by atoms with Gasteiger partial charge in [-0.05, 0) is 24.1 Å². The standard InChI is InChI=1S/C19H19N7/c1-2-14-12-23-26-17(14)24-18(20)25-19(26)22-11-13-6-8-15(9-7-13)16-5-3-4-10-21-16/h3-10,12H,2,11H2,1H3,(H3,20,22,24,25). The summed E-state index contributed by atoms with van der Waals surface area (Å²) in [6, 6.07) is 14.2. The van der Waals surface area contributed by atoms with E-state index in [1.54, 1.807) is 16.9 Å². The van der Waals surface area contributed by atoms with Crippen LogP contribution in [-0.2, 0) is 13.0 Å². The molecule has 1 aromatic carbocycles. The first-order valence-corrected chi connectivity index (χ1v) is 8.49. The van der Waals surface area contributed by atoms with Gasteiger partial charge < -0.3 is 11.1 Å². The summed E-state index contributed by atoms with van der Waals surface area (Å²) in [5.41, 5.74) is 10.8. The van der Waals surface area contributed by atoms with E-state index < -0.39 is 0 Å². The minimum Gasteiger partial charge on any atom is -0.368 e. The van der Waals surface area contributed by atoms with E-state index in [0.717, 1.165) is 34.5 Å². The zero-order chi connectivity index (χ0) is 17.9. The summed E-state index contributed by atoms with van der Waals surface area (Å²) in [5, 5.41) is 7.66. The summed E-state index contributed by atoms with van der Waals surface area (Å²) in [6.07, 6.45) is 4.44. The quantitative estimate of drug-likeness (QED) is 0.577. The number of nitrogens with one attached hydrogen (secondary N) is 1. The smallest absolute Gasteiger partial charge is 0.229 e. The molecule has 0 spiro atoms. The lowest BCUT2D eigenvalue weighted by Crippen LogP contribution is -2.10. The Labute approximate surface area is 150 Å². The monoisotopic (exact) mass is 345 g/mol. The fourth-order valence-corrected chi connectivity index (χ4v) is 2.81. The molecule has 7 nitrogen and oxygen atoms in total. The minimum absolute atomic E-state index is 0.237. The van der Waals surface area contributed by atoms with Crippen LogP contribution in [0.25, 0.3) is 16.9 Å². The van der Waals surface area contributed by atoms with Crippen molar-refractivity contribution in [1.82, 2.24) is 24.6 Å². The topological polar surface area (TPSA) is 94.0 Å². The number of nitrogens with zero attached hydrogens (tertiary/aromatic N) is 5. The molecule has 0 saturated heterocycles. The highest BCUT2D eigenvalue weighted by molar-refractivity contribution is 5.59. The van der Waals surface area contributed by atoms with Gasteiger partial charge in [0.25, 0.3) is 0 Å². The lowest BCUT2D eigenvalue weighted by atomic mass is 10.1. The van der Waals surface area contributed by atoms with Gasteiger partial charge in [-0.25, -0.2) is 0 Å². The summed E-state index contributed by atoms with van der Waals surface area (Å²) in [6.45, 7) is 2.67. The molecular weight excluding hydrogens is 326 g/mol. The molecule has 0 saturated carbocycles. The largest absolute Gasteiger partial charge is 0.368 e. The second-order valence-electron chi connectivity index (χ2n) is 5.93. The SMILES string of the molecule is CCc1cnn2c(NCc3ccc(-c4ccccn4)cc3)nc(N)nc12. The van der Waals surface area contributed by atoms with E-state index >= 15 is 0 Å². The first kappa shape index (κ1) is 16.0. The number of nitrogen functional groups attached to an aromatic ring is 1. The number of aromatic nitrogens is 5. The van der Waals surface area contributed by atoms with Crippen molar-refractivity contribution in [2.24, 2.45) is 0 Å². The van der Waals surface area contributed by atoms with Crippen LogP contribution in [0.1, 0.15) is 18.1 Å². The Balaban J connectivity index is 1.54. The lowest BCUT2D eigenvalue weighted by molar-refractivity contribution is 0.886. The predicted octanol–water partition coefficient (Wildman–Crippen LogP) is 2.94. The second kappa shape index (κ2) is 6.79. The molecule has 26 heavy (non-hydrogen) atoms. The molecule has 0 amide bonds. The number of benzene rings is 1. The van der Waals surface area contributed by atoms with E-state index in [4.69, 9.17) is 5.73 Å². The van der Waals surface area contributed by atoms with Crippen molar-refractivity contribution in [3.05, 3.63) is 66.0 Å². The number of hydrogen-bond donors (Lipinski definition) is 2. The van der Waals surface area contributed by atoms with Gasteiger partial charge in [0.15, 0.2) is 5.65 Å². The molecule has 0 aliphatic heterocycles. The van der Waals surface area contributed by atoms with Crippen LogP contribution < -0.4 is 11.1 Å². The Morgan fingerprint density at radius 1 is 1.08 bits per heavy atom. The summed E-state index contributed by atoms with van der Waals surface area (Å²) in [7, 11) is 0. The molecular formula is C19H19N7. The van der Waals surface area contributed by atoms with Gasteiger partial charge in [0.2, 0.25) is 11.9 Å². The molecule has 0 bridgehead atoms. The third-order valence-corrected chi connectivity index (χ3v) is 4.20. The molecule has 130 valence electrons. The number of hydrogen-bond acceptors (Lipinski definition) is 6. The van der Waals surface area contributed by atoms with E-state index in [2.05, 4.69) is 56.6 Å². The minimum atomic E-state index is 0.237. The molecule has 4 aromatic rings. The van der Waals surface area contributed by atoms with Crippen molar-refractivity contribution in [3.8, 4) is 11.3 Å². The summed E-state index contributed by atoms with van der Waals surface area (Å²) in [4.78, 5) is 12.9. The number of rotatable bonds is 5. The van der Waals surface area contributed by atoms with Crippen molar-refractivity contribution < 1.29 is 0 Å². The maximum Gasteiger partial charge on any atom is 0.229 e. The highest BCUT2D eigenvalue weighted by Gasteiger charge is 2.10. The molecule has 7 heteroatoms. The first-order chi connectivity index (χ1) is 12.7. The Morgan fingerprint density at radius 2 is 1.92 bits per heavy atom. The summed E-state index contributed by atoms with van der Waals surface area (Å²) < 4.78 is 1.69. The van der Waals surface area contributed by atoms with Crippen LogP contribution in [0, 0.1) is 0 Å². The molecule has 3 N–H and O–H groups in total. The lowest BCUT2D eigenvalue weighted by Gasteiger charge is -2.09. The van der Waals surface area contributed by atoms with Crippen molar-refractivity contribution in [2.75, 3.05) is 11.1 Å². The van der Waals surface area contributed by atoms with Crippen molar-refractivity contribution >= 4 is 17.5 Å². The van der Waals surface area contributed by atoms with Gasteiger partial charge in [-0.15, -0.1) is 0 Å². The van der Waals surface area contributed by atoms with Crippen molar-refractivity contribution in [2.45, 2.75) is 19.9 Å². The van der Waals surface area contributed by atoms with Crippen LogP contribution in [0.5, 0.6) is 0 Å². The van der Waals surface area contributed by atoms with Crippen LogP contribution in [-0.4, -0.2) is 24.6 Å². The summed E-state index contributed by atoms with van der Waals surface area (Å²) in [5.74, 6) is 0.821. The average Bonchev–Trinajstić information content (AvgIpc) is 3.10. The Kier molecular flexibility index (Phi) is 4.18. The number of anilines is 2. The fourth-order valence-electron chi connectivity index (χ4n) is 2.81. The number of fused-ring (bicyclic) bond motifs is 1. The van der Waals surface area contributed by atoms with Crippen LogP contribution in [0.4, 0.5) is 11.9 Å². The number of nitrogens with two attached hydrogens (primary N) is 1. The highest BCUT2D eigenvalue weighted by atomic mass is 15.4. The van der Waals surface area contributed by atoms with E-state index in [1.165, 1.54) is 0 Å².